The molecule has 0 saturated heterocycles. The second-order valence-electron chi connectivity index (χ2n) is 1.16. The summed E-state index contributed by atoms with van der Waals surface area (Å²) < 4.78 is 19.5. The summed E-state index contributed by atoms with van der Waals surface area (Å²) >= 11 is -3.70. The molecule has 6 heteroatoms. The first-order valence-corrected chi connectivity index (χ1v) is 7.57. The van der Waals surface area contributed by atoms with E-state index in [0.717, 1.165) is 4.22 Å². The van der Waals surface area contributed by atoms with Crippen LogP contribution in [0.25, 0.3) is 0 Å². The molecule has 0 spiro atoms. The van der Waals surface area contributed by atoms with Gasteiger partial charge in [0, 0.05) is 0 Å². The molecule has 0 rings (SSSR count). The van der Waals surface area contributed by atoms with Crippen LogP contribution in [0, 0.1) is 5.41 Å². The fourth-order valence-electron chi connectivity index (χ4n) is 0.220. The minimum absolute atomic E-state index is 0.0836. The summed E-state index contributed by atoms with van der Waals surface area (Å²) in [6, 6.07) is 0. The van der Waals surface area contributed by atoms with Crippen LogP contribution in [0.2, 0.25) is 0 Å². The third-order valence-corrected chi connectivity index (χ3v) is 6.76. The van der Waals surface area contributed by atoms with E-state index in [2.05, 4.69) is 0 Å². The van der Waals surface area contributed by atoms with Crippen LogP contribution in [0.4, 0.5) is 0 Å². The number of rotatable bonds is 4. The summed E-state index contributed by atoms with van der Waals surface area (Å²) in [6.45, 7) is 0. The quantitative estimate of drug-likeness (QED) is 0.294. The molecule has 0 radical (unpaired) electrons. The number of aliphatic hydroxyl groups is 1. The zero-order valence-corrected chi connectivity index (χ0v) is 7.55. The second-order valence-corrected chi connectivity index (χ2v) is 8.03. The molecule has 9 heavy (non-hydrogen) atoms. The molecule has 1 unspecified atom stereocenters. The van der Waals surface area contributed by atoms with Gasteiger partial charge in [0.15, 0.2) is 0 Å². The molecule has 0 aliphatic heterocycles. The van der Waals surface area contributed by atoms with Gasteiger partial charge in [-0.3, -0.25) is 0 Å². The zero-order valence-electron chi connectivity index (χ0n) is 4.58. The molecule has 0 amide bonds. The molecular formula is C3H8INO3S. The maximum absolute atomic E-state index is 10.1. The van der Waals surface area contributed by atoms with Crippen molar-refractivity contribution in [1.82, 2.24) is 0 Å². The van der Waals surface area contributed by atoms with Crippen molar-refractivity contribution in [3.05, 3.63) is 0 Å². The van der Waals surface area contributed by atoms with E-state index in [1.807, 2.05) is 0 Å². The van der Waals surface area contributed by atoms with Gasteiger partial charge in [-0.25, -0.2) is 0 Å². The predicted octanol–water partition coefficient (Wildman–Crippen LogP) is 0.229. The normalized spacial score (nSPS) is 14.7. The molecule has 0 fully saturated rings. The van der Waals surface area contributed by atoms with E-state index in [-0.39, 0.29) is 8.37 Å². The van der Waals surface area contributed by atoms with Crippen molar-refractivity contribution < 1.29 is 13.9 Å². The fourth-order valence-corrected chi connectivity index (χ4v) is 3.97. The van der Waals surface area contributed by atoms with Gasteiger partial charge in [0.1, 0.15) is 0 Å². The molecule has 3 N–H and O–H groups in total. The molecule has 0 heterocycles. The van der Waals surface area contributed by atoms with Crippen LogP contribution in [-0.2, 0) is 11.1 Å². The summed E-state index contributed by atoms with van der Waals surface area (Å²) in [5.74, 6) is 0. The Hall–Kier alpha value is 0.470. The summed E-state index contributed by atoms with van der Waals surface area (Å²) in [5, 5.41) is 15.1. The van der Waals surface area contributed by atoms with E-state index in [9.17, 15) is 4.21 Å². The molecule has 0 bridgehead atoms. The van der Waals surface area contributed by atoms with Crippen LogP contribution >= 0.6 is 19.8 Å². The third-order valence-electron chi connectivity index (χ3n) is 0.541. The first kappa shape index (κ1) is 9.47. The van der Waals surface area contributed by atoms with Crippen LogP contribution in [0.3, 0.4) is 0 Å². The monoisotopic (exact) mass is 265 g/mol. The van der Waals surface area contributed by atoms with Gasteiger partial charge in [0.25, 0.3) is 0 Å². The third kappa shape index (κ3) is 4.94. The van der Waals surface area contributed by atoms with Gasteiger partial charge < -0.3 is 0 Å². The first-order chi connectivity index (χ1) is 4.20. The van der Waals surface area contributed by atoms with Crippen molar-refractivity contribution >= 4 is 35.1 Å². The number of hydrogen-bond acceptors (Lipinski definition) is 3. The van der Waals surface area contributed by atoms with Crippen LogP contribution in [0.15, 0.2) is 0 Å². The number of hydrogen-bond donors (Lipinski definition) is 3. The van der Waals surface area contributed by atoms with Crippen molar-refractivity contribution in [2.45, 2.75) is 0 Å². The van der Waals surface area contributed by atoms with Gasteiger partial charge in [-0.15, -0.1) is 0 Å². The van der Waals surface area contributed by atoms with E-state index in [4.69, 9.17) is 15.1 Å². The molecular weight excluding hydrogens is 257 g/mol. The Morgan fingerprint density at radius 3 is 2.44 bits per heavy atom. The Morgan fingerprint density at radius 1 is 1.78 bits per heavy atom. The first-order valence-electron chi connectivity index (χ1n) is 2.00. The van der Waals surface area contributed by atoms with E-state index in [1.54, 1.807) is 0 Å². The van der Waals surface area contributed by atoms with Crippen molar-refractivity contribution in [3.63, 3.8) is 0 Å². The van der Waals surface area contributed by atoms with Gasteiger partial charge >= 0.3 is 62.8 Å². The van der Waals surface area contributed by atoms with E-state index < -0.39 is 30.9 Å². The molecule has 0 aliphatic rings. The average molecular weight is 265 g/mol. The maximum atomic E-state index is 10.1. The fraction of sp³-hybridized carbons (Fsp3) is 0.667. The van der Waals surface area contributed by atoms with Gasteiger partial charge in [-0.1, -0.05) is 0 Å². The van der Waals surface area contributed by atoms with E-state index in [0.29, 0.717) is 0 Å². The van der Waals surface area contributed by atoms with Crippen molar-refractivity contribution in [2.24, 2.45) is 0 Å². The Kier molecular flexibility index (Phi) is 5.55. The van der Waals surface area contributed by atoms with Crippen LogP contribution in [-0.4, -0.2) is 26.5 Å². The summed E-state index contributed by atoms with van der Waals surface area (Å²) in [7, 11) is 0. The van der Waals surface area contributed by atoms with Crippen LogP contribution in [0.5, 0.6) is 0 Å². The van der Waals surface area contributed by atoms with Gasteiger partial charge in [-0.2, -0.15) is 0 Å². The standard InChI is InChI=1S/C3H8INO3S/c5-1-4(2-6)3-9(7)8/h1,5-6H,2-3H2,(H,7,8). The molecule has 0 saturated carbocycles. The molecule has 56 valence electrons. The topological polar surface area (TPSA) is 81.4 Å². The van der Waals surface area contributed by atoms with E-state index >= 15 is 0 Å². The Labute approximate surface area is 62.8 Å². The summed E-state index contributed by atoms with van der Waals surface area (Å²) in [4.78, 5) is 0. The average Bonchev–Trinajstić information content (AvgIpc) is 1.82. The van der Waals surface area contributed by atoms with Crippen molar-refractivity contribution in [2.75, 3.05) is 8.37 Å². The van der Waals surface area contributed by atoms with Crippen LogP contribution < -0.4 is 0 Å². The molecule has 4 nitrogen and oxygen atoms in total. The zero-order chi connectivity index (χ0) is 7.28. The van der Waals surface area contributed by atoms with Crippen molar-refractivity contribution in [3.8, 4) is 0 Å². The Morgan fingerprint density at radius 2 is 2.33 bits per heavy atom. The Bertz CT molecular complexity index is 120. The van der Waals surface area contributed by atoms with Gasteiger partial charge in [0.05, 0.1) is 0 Å². The van der Waals surface area contributed by atoms with Gasteiger partial charge in [-0.05, 0) is 0 Å². The van der Waals surface area contributed by atoms with Gasteiger partial charge in [0.2, 0.25) is 0 Å². The molecule has 0 aromatic carbocycles. The van der Waals surface area contributed by atoms with Crippen molar-refractivity contribution in [1.29, 1.82) is 5.41 Å². The summed E-state index contributed by atoms with van der Waals surface area (Å²) in [6.07, 6.45) is 0. The van der Waals surface area contributed by atoms with Crippen LogP contribution in [0.1, 0.15) is 0 Å². The Balaban J connectivity index is 3.55. The molecule has 1 atom stereocenters. The predicted molar refractivity (Wildman–Crippen MR) is 45.5 cm³/mol. The molecule has 0 aromatic rings. The number of aliphatic hydroxyl groups excluding tert-OH is 1. The van der Waals surface area contributed by atoms with E-state index in [1.165, 1.54) is 0 Å². The second kappa shape index (κ2) is 5.27. The SMILES string of the molecule is N=CI(CO)CS(=O)O. The minimum atomic E-state index is -1.86. The number of nitrogens with one attached hydrogen (secondary N) is 1. The number of alkyl halides is 2. The molecule has 0 aromatic heterocycles. The summed E-state index contributed by atoms with van der Waals surface area (Å²) in [5.41, 5.74) is 0. The number of halogens is 1. The molecule has 0 aliphatic carbocycles.